The number of methoxy groups -OCH3 is 4. The lowest BCUT2D eigenvalue weighted by atomic mass is 9.43. The van der Waals surface area contributed by atoms with E-state index >= 15 is 0 Å². The van der Waals surface area contributed by atoms with E-state index in [4.69, 9.17) is 23.7 Å². The Labute approximate surface area is 242 Å². The van der Waals surface area contributed by atoms with Crippen LogP contribution >= 0.6 is 0 Å². The zero-order valence-electron chi connectivity index (χ0n) is 24.8. The second-order valence-corrected chi connectivity index (χ2v) is 13.7. The van der Waals surface area contributed by atoms with Crippen molar-refractivity contribution >= 4 is 5.97 Å². The Kier molecular flexibility index (Phi) is 6.50. The number of nitrogens with zero attached hydrogens (tertiary/aromatic N) is 1. The van der Waals surface area contributed by atoms with Crippen LogP contribution in [0.25, 0.3) is 0 Å². The Morgan fingerprint density at radius 3 is 2.34 bits per heavy atom. The molecule has 1 aromatic carbocycles. The molecule has 13 atom stereocenters. The molecule has 2 N–H and O–H groups in total. The van der Waals surface area contributed by atoms with Gasteiger partial charge in [-0.05, 0) is 43.9 Å². The molecular formula is C32H45NO8. The smallest absolute Gasteiger partial charge is 0.338 e. The highest BCUT2D eigenvalue weighted by Crippen LogP contribution is 2.80. The average molecular weight is 572 g/mol. The number of carbonyl (C=O) groups excluding carboxylic acids is 1. The van der Waals surface area contributed by atoms with Crippen LogP contribution in [0, 0.1) is 34.5 Å². The van der Waals surface area contributed by atoms with Crippen molar-refractivity contribution in [2.45, 2.75) is 74.3 Å². The first-order valence-corrected chi connectivity index (χ1v) is 15.2. The van der Waals surface area contributed by atoms with Crippen molar-refractivity contribution in [1.29, 1.82) is 0 Å². The van der Waals surface area contributed by atoms with E-state index in [2.05, 4.69) is 11.8 Å². The number of piperidine rings is 1. The number of carbonyl (C=O) groups is 1. The standard InChI is InChI=1S/C32H45NO8/c1-6-33-16-29(17-37-2)13-12-20(38-3)32-19-14-30(35)21(39-4)15-31(36,23(26(32)33)24(40-5)25(29)32)22(19)27(30)41-28(34)18-10-8-7-9-11-18/h7-11,19-27,35-36H,6,12-17H2,1-5H3/t19-,20+,21+,22-,23+,24+,25-,26-,27-,29+,30+,31-,32+/m1/s1. The lowest BCUT2D eigenvalue weighted by Crippen LogP contribution is -2.77. The quantitative estimate of drug-likeness (QED) is 0.454. The number of hydrogen-bond acceptors (Lipinski definition) is 9. The molecule has 1 aliphatic heterocycles. The number of ether oxygens (including phenoxy) is 5. The molecule has 0 amide bonds. The van der Waals surface area contributed by atoms with Crippen LogP contribution in [0.4, 0.5) is 0 Å². The average Bonchev–Trinajstić information content (AvgIpc) is 3.36. The van der Waals surface area contributed by atoms with Gasteiger partial charge in [-0.1, -0.05) is 25.1 Å². The highest BCUT2D eigenvalue weighted by Gasteiger charge is 2.88. The molecule has 0 unspecified atom stereocenters. The van der Waals surface area contributed by atoms with Crippen LogP contribution in [0.2, 0.25) is 0 Å². The van der Waals surface area contributed by atoms with Gasteiger partial charge in [0.2, 0.25) is 0 Å². The maximum Gasteiger partial charge on any atom is 0.338 e. The molecule has 1 heterocycles. The molecule has 1 saturated heterocycles. The fourth-order valence-electron chi connectivity index (χ4n) is 11.9. The lowest BCUT2D eigenvalue weighted by molar-refractivity contribution is -0.283. The molecule has 6 fully saturated rings. The summed E-state index contributed by atoms with van der Waals surface area (Å²) in [5.41, 5.74) is -2.90. The molecule has 6 aliphatic rings. The van der Waals surface area contributed by atoms with E-state index in [-0.39, 0.29) is 47.8 Å². The van der Waals surface area contributed by atoms with E-state index in [0.717, 1.165) is 25.9 Å². The summed E-state index contributed by atoms with van der Waals surface area (Å²) in [6.45, 7) is 4.48. The van der Waals surface area contributed by atoms with Gasteiger partial charge in [0.05, 0.1) is 36.1 Å². The van der Waals surface area contributed by atoms with Crippen LogP contribution in [-0.2, 0) is 23.7 Å². The summed E-state index contributed by atoms with van der Waals surface area (Å²) in [6, 6.07) is 8.87. The van der Waals surface area contributed by atoms with Gasteiger partial charge in [0, 0.05) is 76.0 Å². The largest absolute Gasteiger partial charge is 0.455 e. The molecular weight excluding hydrogens is 526 g/mol. The van der Waals surface area contributed by atoms with E-state index in [1.807, 2.05) is 6.07 Å². The van der Waals surface area contributed by atoms with E-state index in [1.54, 1.807) is 52.7 Å². The Morgan fingerprint density at radius 2 is 1.71 bits per heavy atom. The van der Waals surface area contributed by atoms with Crippen molar-refractivity contribution in [3.63, 3.8) is 0 Å². The maximum absolute atomic E-state index is 13.5. The van der Waals surface area contributed by atoms with Gasteiger partial charge >= 0.3 is 5.97 Å². The molecule has 7 rings (SSSR count). The zero-order valence-corrected chi connectivity index (χ0v) is 24.8. The van der Waals surface area contributed by atoms with Gasteiger partial charge < -0.3 is 33.9 Å². The number of esters is 1. The van der Waals surface area contributed by atoms with Crippen molar-refractivity contribution in [3.8, 4) is 0 Å². The number of benzene rings is 1. The molecule has 7 bridgehead atoms. The fraction of sp³-hybridized carbons (Fsp3) is 0.781. The van der Waals surface area contributed by atoms with Gasteiger partial charge in [0.15, 0.2) is 0 Å². The van der Waals surface area contributed by atoms with Crippen molar-refractivity contribution in [3.05, 3.63) is 35.9 Å². The van der Waals surface area contributed by atoms with Gasteiger partial charge in [-0.25, -0.2) is 4.79 Å². The van der Waals surface area contributed by atoms with Gasteiger partial charge in [0.1, 0.15) is 11.7 Å². The first-order valence-electron chi connectivity index (χ1n) is 15.2. The first-order chi connectivity index (χ1) is 19.7. The predicted octanol–water partition coefficient (Wildman–Crippen LogP) is 2.14. The summed E-state index contributed by atoms with van der Waals surface area (Å²) in [4.78, 5) is 16.1. The topological polar surface area (TPSA) is 107 Å². The molecule has 5 aliphatic carbocycles. The van der Waals surface area contributed by atoms with E-state index in [0.29, 0.717) is 18.6 Å². The minimum Gasteiger partial charge on any atom is -0.455 e. The van der Waals surface area contributed by atoms with Crippen LogP contribution < -0.4 is 0 Å². The van der Waals surface area contributed by atoms with E-state index in [1.165, 1.54) is 0 Å². The molecule has 0 radical (unpaired) electrons. The highest BCUT2D eigenvalue weighted by molar-refractivity contribution is 5.89. The lowest BCUT2D eigenvalue weighted by Gasteiger charge is -2.69. The minimum absolute atomic E-state index is 0.00707. The Morgan fingerprint density at radius 1 is 0.976 bits per heavy atom. The number of rotatable bonds is 8. The third-order valence-electron chi connectivity index (χ3n) is 12.7. The molecule has 9 heteroatoms. The van der Waals surface area contributed by atoms with Crippen LogP contribution in [-0.4, -0.2) is 111 Å². The Bertz CT molecular complexity index is 1180. The van der Waals surface area contributed by atoms with Crippen LogP contribution in [0.5, 0.6) is 0 Å². The van der Waals surface area contributed by atoms with Crippen molar-refractivity contribution in [2.75, 3.05) is 48.1 Å². The van der Waals surface area contributed by atoms with Crippen LogP contribution in [0.1, 0.15) is 43.0 Å². The highest BCUT2D eigenvalue weighted by atomic mass is 16.6. The normalized spacial score (nSPS) is 51.0. The summed E-state index contributed by atoms with van der Waals surface area (Å²) in [5.74, 6) is -1.36. The second kappa shape index (κ2) is 9.45. The summed E-state index contributed by atoms with van der Waals surface area (Å²) in [7, 11) is 6.91. The molecule has 226 valence electrons. The SMILES string of the molecule is CCN1C[C@]2(COC)CC[C@H](OC)[C@@]34[C@@H]5C[C@]6(O)[C@@H](OC)C[C@@](O)([C@H]5[C@H]6OC(=O)c5ccccc5)[C@@H]([C@H](OC)[C@H]23)[C@@H]14. The van der Waals surface area contributed by atoms with Crippen molar-refractivity contribution in [1.82, 2.24) is 4.90 Å². The van der Waals surface area contributed by atoms with E-state index in [9.17, 15) is 15.0 Å². The van der Waals surface area contributed by atoms with Gasteiger partial charge in [-0.2, -0.15) is 0 Å². The van der Waals surface area contributed by atoms with Gasteiger partial charge in [-0.15, -0.1) is 0 Å². The predicted molar refractivity (Wildman–Crippen MR) is 148 cm³/mol. The fourth-order valence-corrected chi connectivity index (χ4v) is 11.9. The number of hydrogen-bond donors (Lipinski definition) is 2. The molecule has 41 heavy (non-hydrogen) atoms. The summed E-state index contributed by atoms with van der Waals surface area (Å²) in [5, 5.41) is 25.7. The Hall–Kier alpha value is -1.59. The second-order valence-electron chi connectivity index (χ2n) is 13.7. The summed E-state index contributed by atoms with van der Waals surface area (Å²) >= 11 is 0. The Balaban J connectivity index is 1.44. The number of aliphatic hydroxyl groups is 2. The molecule has 0 aromatic heterocycles. The third kappa shape index (κ3) is 3.24. The third-order valence-corrected chi connectivity index (χ3v) is 12.7. The van der Waals surface area contributed by atoms with Crippen LogP contribution in [0.3, 0.4) is 0 Å². The monoisotopic (exact) mass is 571 g/mol. The summed E-state index contributed by atoms with van der Waals surface area (Å²) < 4.78 is 31.1. The van der Waals surface area contributed by atoms with Crippen molar-refractivity contribution < 1.29 is 38.7 Å². The maximum atomic E-state index is 13.5. The molecule has 5 saturated carbocycles. The van der Waals surface area contributed by atoms with Gasteiger partial charge in [-0.3, -0.25) is 4.90 Å². The molecule has 1 spiro atoms. The number of likely N-dealkylation sites (tertiary alicyclic amines) is 1. The zero-order chi connectivity index (χ0) is 28.9. The summed E-state index contributed by atoms with van der Waals surface area (Å²) in [6.07, 6.45) is 0.478. The molecule has 1 aromatic rings. The minimum atomic E-state index is -1.44. The van der Waals surface area contributed by atoms with E-state index < -0.39 is 40.7 Å². The first kappa shape index (κ1) is 28.2. The van der Waals surface area contributed by atoms with Crippen molar-refractivity contribution in [2.24, 2.45) is 34.5 Å². The van der Waals surface area contributed by atoms with Gasteiger partial charge in [0.25, 0.3) is 0 Å². The van der Waals surface area contributed by atoms with Crippen LogP contribution in [0.15, 0.2) is 30.3 Å². The number of fused-ring (bicyclic) bond motifs is 2. The molecule has 9 nitrogen and oxygen atoms in total.